The highest BCUT2D eigenvalue weighted by Gasteiger charge is 2.46. The summed E-state index contributed by atoms with van der Waals surface area (Å²) in [5.74, 6) is 0.889. The first-order valence-electron chi connectivity index (χ1n) is 8.86. The van der Waals surface area contributed by atoms with Crippen LogP contribution in [0.25, 0.3) is 5.70 Å². The molecule has 1 amide bonds. The molecule has 7 heteroatoms. The van der Waals surface area contributed by atoms with E-state index in [-0.39, 0.29) is 5.91 Å². The Labute approximate surface area is 159 Å². The van der Waals surface area contributed by atoms with Crippen LogP contribution in [0.1, 0.15) is 45.4 Å². The third-order valence-corrected chi connectivity index (χ3v) is 6.36. The zero-order chi connectivity index (χ0) is 17.4. The van der Waals surface area contributed by atoms with Gasteiger partial charge in [-0.15, -0.1) is 5.10 Å². The van der Waals surface area contributed by atoms with Crippen molar-refractivity contribution < 1.29 is 4.79 Å². The lowest BCUT2D eigenvalue weighted by atomic mass is 10.0. The van der Waals surface area contributed by atoms with Crippen molar-refractivity contribution in [3.05, 3.63) is 33.2 Å². The number of amidine groups is 1. The molecular formula is C18H21BrN4OS. The molecule has 2 heterocycles. The summed E-state index contributed by atoms with van der Waals surface area (Å²) in [5.41, 5.74) is 0.234. The van der Waals surface area contributed by atoms with Crippen LogP contribution in [-0.4, -0.2) is 27.5 Å². The predicted molar refractivity (Wildman–Crippen MR) is 104 cm³/mol. The second kappa shape index (κ2) is 6.76. The summed E-state index contributed by atoms with van der Waals surface area (Å²) in [6.45, 7) is 2.17. The maximum atomic E-state index is 12.9. The van der Waals surface area contributed by atoms with Gasteiger partial charge in [0, 0.05) is 15.4 Å². The molecule has 0 radical (unpaired) electrons. The average molecular weight is 421 g/mol. The molecule has 3 aliphatic rings. The lowest BCUT2D eigenvalue weighted by molar-refractivity contribution is -0.116. The standard InChI is InChI=1S/C18H21BrN4OS/c1-2-3-10-25-17-20-16(24)15-13-11-12(19)6-7-14(13)21-18(23(15)22-17)8-4-5-9-18/h6-7,11H,2-5,8-10H2,1H3,(H,20,22,24). The molecule has 132 valence electrons. The van der Waals surface area contributed by atoms with Gasteiger partial charge in [0.2, 0.25) is 0 Å². The molecule has 1 N–H and O–H groups in total. The van der Waals surface area contributed by atoms with E-state index in [0.29, 0.717) is 10.9 Å². The highest BCUT2D eigenvalue weighted by Crippen LogP contribution is 2.41. The Balaban J connectivity index is 1.85. The number of hydrogen-bond donors (Lipinski definition) is 1. The van der Waals surface area contributed by atoms with E-state index >= 15 is 0 Å². The smallest absolute Gasteiger partial charge is 0.276 e. The number of carbonyl (C=O) groups excluding carboxylic acids is 1. The lowest BCUT2D eigenvalue weighted by Gasteiger charge is -2.41. The SMILES string of the molecule is CCCCSC1=NN2C(=c3cc(Br)ccc3=NC23CCCC3)C(=O)N1. The van der Waals surface area contributed by atoms with E-state index in [1.165, 1.54) is 0 Å². The van der Waals surface area contributed by atoms with Crippen LogP contribution in [0.3, 0.4) is 0 Å². The quantitative estimate of drug-likeness (QED) is 0.764. The molecule has 4 rings (SSSR count). The van der Waals surface area contributed by atoms with E-state index in [2.05, 4.69) is 28.2 Å². The van der Waals surface area contributed by atoms with Gasteiger partial charge in [0.1, 0.15) is 5.70 Å². The number of amides is 1. The molecule has 5 nitrogen and oxygen atoms in total. The Morgan fingerprint density at radius 3 is 2.92 bits per heavy atom. The van der Waals surface area contributed by atoms with Crippen molar-refractivity contribution >= 4 is 44.5 Å². The first kappa shape index (κ1) is 17.1. The fourth-order valence-corrected chi connectivity index (χ4v) is 4.96. The highest BCUT2D eigenvalue weighted by molar-refractivity contribution is 9.10. The summed E-state index contributed by atoms with van der Waals surface area (Å²) in [7, 11) is 0. The fourth-order valence-electron chi connectivity index (χ4n) is 3.67. The van der Waals surface area contributed by atoms with E-state index in [1.807, 2.05) is 23.2 Å². The molecule has 0 bridgehead atoms. The van der Waals surface area contributed by atoms with Crippen LogP contribution in [0.2, 0.25) is 0 Å². The van der Waals surface area contributed by atoms with Crippen molar-refractivity contribution in [3.8, 4) is 0 Å². The van der Waals surface area contributed by atoms with Crippen LogP contribution >= 0.6 is 27.7 Å². The number of rotatable bonds is 3. The number of hydrogen-bond acceptors (Lipinski definition) is 5. The number of carbonyl (C=O) groups is 1. The summed E-state index contributed by atoms with van der Waals surface area (Å²) in [6.07, 6.45) is 6.37. The summed E-state index contributed by atoms with van der Waals surface area (Å²) >= 11 is 5.13. The van der Waals surface area contributed by atoms with Crippen LogP contribution < -0.4 is 15.9 Å². The molecule has 0 unspecified atom stereocenters. The first-order chi connectivity index (χ1) is 12.1. The van der Waals surface area contributed by atoms with Gasteiger partial charge in [-0.2, -0.15) is 0 Å². The number of nitrogens with one attached hydrogen (secondary N) is 1. The Hall–Kier alpha value is -1.34. The van der Waals surface area contributed by atoms with Crippen molar-refractivity contribution in [1.82, 2.24) is 10.3 Å². The number of benzene rings is 1. The van der Waals surface area contributed by atoms with Crippen LogP contribution in [0.5, 0.6) is 0 Å². The minimum Gasteiger partial charge on any atom is -0.298 e. The van der Waals surface area contributed by atoms with Gasteiger partial charge in [-0.05, 0) is 50.3 Å². The van der Waals surface area contributed by atoms with E-state index in [9.17, 15) is 4.79 Å². The zero-order valence-electron chi connectivity index (χ0n) is 14.2. The number of fused-ring (bicyclic) bond motifs is 3. The minimum atomic E-state index is -0.398. The summed E-state index contributed by atoms with van der Waals surface area (Å²) in [6, 6.07) is 5.94. The topological polar surface area (TPSA) is 57.1 Å². The second-order valence-corrected chi connectivity index (χ2v) is 8.68. The molecule has 1 aromatic carbocycles. The van der Waals surface area contributed by atoms with E-state index in [0.717, 1.165) is 59.3 Å². The molecule has 1 spiro atoms. The van der Waals surface area contributed by atoms with Crippen molar-refractivity contribution in [3.63, 3.8) is 0 Å². The summed E-state index contributed by atoms with van der Waals surface area (Å²) < 4.78 is 0.941. The number of nitrogens with zero attached hydrogens (tertiary/aromatic N) is 3. The molecule has 25 heavy (non-hydrogen) atoms. The average Bonchev–Trinajstić information content (AvgIpc) is 3.05. The highest BCUT2D eigenvalue weighted by atomic mass is 79.9. The number of unbranched alkanes of at least 4 members (excludes halogenated alkanes) is 1. The maximum Gasteiger partial charge on any atom is 0.276 e. The molecule has 1 aliphatic carbocycles. The van der Waals surface area contributed by atoms with E-state index < -0.39 is 5.66 Å². The monoisotopic (exact) mass is 420 g/mol. The number of halogens is 1. The van der Waals surface area contributed by atoms with Gasteiger partial charge in [-0.1, -0.05) is 41.0 Å². The first-order valence-corrected chi connectivity index (χ1v) is 10.6. The molecule has 0 atom stereocenters. The number of hydrazone groups is 1. The third-order valence-electron chi connectivity index (χ3n) is 4.92. The molecule has 1 fully saturated rings. The number of thioether (sulfide) groups is 1. The molecule has 0 saturated heterocycles. The summed E-state index contributed by atoms with van der Waals surface area (Å²) in [5, 5.41) is 12.2. The van der Waals surface area contributed by atoms with Gasteiger partial charge in [0.25, 0.3) is 5.91 Å². The Kier molecular flexibility index (Phi) is 4.62. The van der Waals surface area contributed by atoms with Crippen LogP contribution in [0.15, 0.2) is 32.8 Å². The molecular weight excluding hydrogens is 400 g/mol. The minimum absolute atomic E-state index is 0.0745. The molecule has 0 aromatic heterocycles. The largest absolute Gasteiger partial charge is 0.298 e. The maximum absolute atomic E-state index is 12.9. The zero-order valence-corrected chi connectivity index (χ0v) is 16.6. The summed E-state index contributed by atoms with van der Waals surface area (Å²) in [4.78, 5) is 18.0. The van der Waals surface area contributed by atoms with E-state index in [1.54, 1.807) is 11.8 Å². The lowest BCUT2D eigenvalue weighted by Crippen LogP contribution is -2.57. The van der Waals surface area contributed by atoms with Crippen molar-refractivity contribution in [2.45, 2.75) is 51.1 Å². The predicted octanol–water partition coefficient (Wildman–Crippen LogP) is 2.70. The Morgan fingerprint density at radius 1 is 1.36 bits per heavy atom. The van der Waals surface area contributed by atoms with Gasteiger partial charge in [0.05, 0.1) is 5.36 Å². The van der Waals surface area contributed by atoms with E-state index in [4.69, 9.17) is 10.1 Å². The van der Waals surface area contributed by atoms with Crippen molar-refractivity contribution in [2.75, 3.05) is 5.75 Å². The Morgan fingerprint density at radius 2 is 2.16 bits per heavy atom. The third kappa shape index (κ3) is 3.01. The van der Waals surface area contributed by atoms with Gasteiger partial charge < -0.3 is 0 Å². The molecule has 1 saturated carbocycles. The van der Waals surface area contributed by atoms with Crippen LogP contribution in [-0.2, 0) is 4.79 Å². The van der Waals surface area contributed by atoms with Crippen molar-refractivity contribution in [1.29, 1.82) is 0 Å². The van der Waals surface area contributed by atoms with Gasteiger partial charge in [-0.25, -0.2) is 5.01 Å². The van der Waals surface area contributed by atoms with Gasteiger partial charge >= 0.3 is 0 Å². The molecule has 1 aromatic rings. The van der Waals surface area contributed by atoms with Crippen LogP contribution in [0.4, 0.5) is 0 Å². The van der Waals surface area contributed by atoms with Crippen molar-refractivity contribution in [2.24, 2.45) is 10.1 Å². The van der Waals surface area contributed by atoms with Crippen LogP contribution in [0, 0.1) is 0 Å². The Bertz CT molecular complexity index is 860. The molecule has 2 aliphatic heterocycles. The normalized spacial score (nSPS) is 20.7. The fraction of sp³-hybridized carbons (Fsp3) is 0.500. The van der Waals surface area contributed by atoms with Gasteiger partial charge in [0.15, 0.2) is 10.8 Å². The second-order valence-electron chi connectivity index (χ2n) is 6.68. The van der Waals surface area contributed by atoms with Gasteiger partial charge in [-0.3, -0.25) is 15.1 Å².